The van der Waals surface area contributed by atoms with Gasteiger partial charge >= 0.3 is 7.82 Å². The molecule has 9 heteroatoms. The lowest BCUT2D eigenvalue weighted by Crippen LogP contribution is -2.45. The van der Waals surface area contributed by atoms with Crippen LogP contribution in [0.3, 0.4) is 0 Å². The molecular formula is C64H106N2O6P+. The van der Waals surface area contributed by atoms with Crippen LogP contribution in [0.2, 0.25) is 0 Å². The average Bonchev–Trinajstić information content (AvgIpc) is 3.35. The minimum Gasteiger partial charge on any atom is -0.387 e. The molecule has 3 unspecified atom stereocenters. The molecule has 0 radical (unpaired) electrons. The average molecular weight is 1030 g/mol. The van der Waals surface area contributed by atoms with Crippen LogP contribution in [0.5, 0.6) is 0 Å². The van der Waals surface area contributed by atoms with Gasteiger partial charge in [0, 0.05) is 6.42 Å². The maximum atomic E-state index is 12.9. The van der Waals surface area contributed by atoms with E-state index in [4.69, 9.17) is 9.05 Å². The molecule has 0 saturated carbocycles. The molecule has 0 aliphatic carbocycles. The number of hydrogen-bond acceptors (Lipinski definition) is 5. The summed E-state index contributed by atoms with van der Waals surface area (Å²) in [6.45, 7) is 4.61. The van der Waals surface area contributed by atoms with Gasteiger partial charge in [-0.3, -0.25) is 13.8 Å². The van der Waals surface area contributed by atoms with Crippen molar-refractivity contribution in [2.45, 2.75) is 199 Å². The first-order valence-electron chi connectivity index (χ1n) is 28.4. The van der Waals surface area contributed by atoms with E-state index in [9.17, 15) is 19.4 Å². The van der Waals surface area contributed by atoms with Gasteiger partial charge in [-0.15, -0.1) is 0 Å². The summed E-state index contributed by atoms with van der Waals surface area (Å²) in [4.78, 5) is 23.2. The molecule has 0 heterocycles. The SMILES string of the molecule is CC/C=C\C/C=C\C/C=C\C/C=C\C/C=C\C/C=C\C/C=C\C/C=C\C/C=C\C/C=C\C/C=C\CCCCCC(=O)NC(COP(=O)(O)OCC[N+](C)(C)C)C(O)/C=C/CC/C=C/CCCCCCCCCC. The van der Waals surface area contributed by atoms with Crippen molar-refractivity contribution in [2.75, 3.05) is 40.9 Å². The molecule has 8 nitrogen and oxygen atoms in total. The maximum Gasteiger partial charge on any atom is 0.472 e. The normalized spacial score (nSPS) is 15.1. The van der Waals surface area contributed by atoms with Crippen molar-refractivity contribution in [3.63, 3.8) is 0 Å². The second-order valence-corrected chi connectivity index (χ2v) is 21.0. The summed E-state index contributed by atoms with van der Waals surface area (Å²) in [6.07, 6.45) is 83.5. The van der Waals surface area contributed by atoms with Crippen LogP contribution in [-0.2, 0) is 18.4 Å². The fourth-order valence-electron chi connectivity index (χ4n) is 7.06. The number of nitrogens with zero attached hydrogens (tertiary/aromatic N) is 1. The fraction of sp³-hybridized carbons (Fsp3) is 0.578. The lowest BCUT2D eigenvalue weighted by atomic mass is 10.1. The zero-order valence-electron chi connectivity index (χ0n) is 46.8. The number of allylic oxidation sites excluding steroid dienone is 25. The molecule has 412 valence electrons. The number of likely N-dealkylation sites (N-methyl/N-ethyl adjacent to an activating group) is 1. The van der Waals surface area contributed by atoms with Crippen LogP contribution in [0.1, 0.15) is 187 Å². The molecule has 0 spiro atoms. The largest absolute Gasteiger partial charge is 0.472 e. The number of hydrogen-bond donors (Lipinski definition) is 3. The molecule has 3 atom stereocenters. The summed E-state index contributed by atoms with van der Waals surface area (Å²) in [6, 6.07) is -0.893. The molecule has 3 N–H and O–H groups in total. The monoisotopic (exact) mass is 1030 g/mol. The molecule has 0 aromatic rings. The molecule has 0 fully saturated rings. The maximum absolute atomic E-state index is 12.9. The molecule has 0 aromatic heterocycles. The Balaban J connectivity index is 4.30. The molecule has 0 bridgehead atoms. The van der Waals surface area contributed by atoms with E-state index in [1.165, 1.54) is 51.4 Å². The van der Waals surface area contributed by atoms with Crippen LogP contribution in [0.25, 0.3) is 0 Å². The molecule has 0 saturated heterocycles. The Morgan fingerprint density at radius 3 is 1.26 bits per heavy atom. The van der Waals surface area contributed by atoms with Gasteiger partial charge in [0.05, 0.1) is 39.9 Å². The number of carbonyl (C=O) groups excluding carboxylic acids is 1. The van der Waals surface area contributed by atoms with Gasteiger partial charge in [-0.1, -0.05) is 223 Å². The summed E-state index contributed by atoms with van der Waals surface area (Å²) in [5.74, 6) is -0.227. The standard InChI is InChI=1S/C64H105N2O6P/c1-6-8-10-12-14-16-18-20-22-23-24-25-26-27-28-29-30-31-32-33-34-35-36-37-38-39-40-41-42-43-44-46-48-50-52-54-56-58-64(68)65-62(61-72-73(69,70)71-60-59-66(3,4)5)63(67)57-55-53-51-49-47-45-21-19-17-15-13-11-9-7-2/h8,10,14,16,20,22,24-25,27-28,30-31,33-34,36-37,39-40,42-43,46-49,55,57,62-63,67H,6-7,9,11-13,15,17-19,21,23,26,29,32,35,38,41,44-45,50-54,56,58-61H2,1-5H3,(H-,65,68,69,70)/p+1/b10-8-,16-14-,22-20-,25-24-,28-27-,31-30-,34-33-,37-36-,40-39-,43-42-,48-46-,49-47+,57-55+. The lowest BCUT2D eigenvalue weighted by Gasteiger charge is -2.25. The number of amides is 1. The molecule has 0 aliphatic rings. The zero-order valence-corrected chi connectivity index (χ0v) is 47.7. The first-order chi connectivity index (χ1) is 35.5. The van der Waals surface area contributed by atoms with E-state index >= 15 is 0 Å². The van der Waals surface area contributed by atoms with E-state index in [1.54, 1.807) is 6.08 Å². The molecule has 0 rings (SSSR count). The first-order valence-corrected chi connectivity index (χ1v) is 29.9. The van der Waals surface area contributed by atoms with E-state index in [0.717, 1.165) is 109 Å². The number of quaternary nitrogens is 1. The fourth-order valence-corrected chi connectivity index (χ4v) is 7.80. The summed E-state index contributed by atoms with van der Waals surface area (Å²) >= 11 is 0. The topological polar surface area (TPSA) is 105 Å². The van der Waals surface area contributed by atoms with E-state index < -0.39 is 20.0 Å². The summed E-state index contributed by atoms with van der Waals surface area (Å²) < 4.78 is 23.6. The van der Waals surface area contributed by atoms with Crippen molar-refractivity contribution in [1.82, 2.24) is 5.32 Å². The minimum atomic E-state index is -4.37. The molecule has 73 heavy (non-hydrogen) atoms. The molecule has 1 amide bonds. The smallest absolute Gasteiger partial charge is 0.387 e. The Morgan fingerprint density at radius 2 is 0.836 bits per heavy atom. The molecular weight excluding hydrogens is 924 g/mol. The van der Waals surface area contributed by atoms with E-state index in [0.29, 0.717) is 23.9 Å². The summed E-state index contributed by atoms with van der Waals surface area (Å²) in [5, 5.41) is 13.8. The van der Waals surface area contributed by atoms with Crippen LogP contribution < -0.4 is 5.32 Å². The molecule has 0 aromatic carbocycles. The predicted molar refractivity (Wildman–Crippen MR) is 317 cm³/mol. The van der Waals surface area contributed by atoms with E-state index in [2.05, 4.69) is 165 Å². The number of aliphatic hydroxyl groups excluding tert-OH is 1. The van der Waals surface area contributed by atoms with Gasteiger partial charge in [0.1, 0.15) is 13.2 Å². The van der Waals surface area contributed by atoms with Crippen LogP contribution in [0.15, 0.2) is 158 Å². The van der Waals surface area contributed by atoms with Crippen molar-refractivity contribution >= 4 is 13.7 Å². The van der Waals surface area contributed by atoms with Crippen molar-refractivity contribution in [3.8, 4) is 0 Å². The summed E-state index contributed by atoms with van der Waals surface area (Å²) in [5.41, 5.74) is 0. The third kappa shape index (κ3) is 55.7. The van der Waals surface area contributed by atoms with Gasteiger partial charge in [-0.25, -0.2) is 4.57 Å². The number of aliphatic hydroxyl groups is 1. The minimum absolute atomic E-state index is 0.0403. The van der Waals surface area contributed by atoms with E-state index in [-0.39, 0.29) is 19.1 Å². The second kappa shape index (κ2) is 53.0. The number of phosphoric ester groups is 1. The summed E-state index contributed by atoms with van der Waals surface area (Å²) in [7, 11) is 1.50. The van der Waals surface area contributed by atoms with Gasteiger partial charge < -0.3 is 19.8 Å². The third-order valence-corrected chi connectivity index (χ3v) is 12.5. The van der Waals surface area contributed by atoms with Crippen molar-refractivity contribution < 1.29 is 32.9 Å². The highest BCUT2D eigenvalue weighted by molar-refractivity contribution is 7.47. The lowest BCUT2D eigenvalue weighted by molar-refractivity contribution is -0.870. The number of carbonyl (C=O) groups is 1. The zero-order chi connectivity index (χ0) is 53.5. The number of rotatable bonds is 49. The highest BCUT2D eigenvalue weighted by Gasteiger charge is 2.27. The Morgan fingerprint density at radius 1 is 0.479 bits per heavy atom. The van der Waals surface area contributed by atoms with Gasteiger partial charge in [0.2, 0.25) is 5.91 Å². The number of phosphoric acid groups is 1. The Hall–Kier alpha value is -3.88. The quantitative estimate of drug-likeness (QED) is 0.0243. The van der Waals surface area contributed by atoms with Crippen molar-refractivity contribution in [3.05, 3.63) is 158 Å². The highest BCUT2D eigenvalue weighted by atomic mass is 31.2. The number of nitrogens with one attached hydrogen (secondary N) is 1. The van der Waals surface area contributed by atoms with Crippen LogP contribution in [-0.4, -0.2) is 73.4 Å². The second-order valence-electron chi connectivity index (χ2n) is 19.6. The van der Waals surface area contributed by atoms with Crippen molar-refractivity contribution in [2.24, 2.45) is 0 Å². The first kappa shape index (κ1) is 69.1. The van der Waals surface area contributed by atoms with Crippen LogP contribution in [0, 0.1) is 0 Å². The van der Waals surface area contributed by atoms with Gasteiger partial charge in [0.15, 0.2) is 0 Å². The predicted octanol–water partition coefficient (Wildman–Crippen LogP) is 17.5. The van der Waals surface area contributed by atoms with Crippen molar-refractivity contribution in [1.29, 1.82) is 0 Å². The Kier molecular flexibility index (Phi) is 50.1. The van der Waals surface area contributed by atoms with Gasteiger partial charge in [-0.05, 0) is 116 Å². The third-order valence-electron chi connectivity index (χ3n) is 11.5. The van der Waals surface area contributed by atoms with Crippen LogP contribution in [0.4, 0.5) is 0 Å². The van der Waals surface area contributed by atoms with E-state index in [1.807, 2.05) is 27.2 Å². The van der Waals surface area contributed by atoms with Gasteiger partial charge in [0.25, 0.3) is 0 Å². The van der Waals surface area contributed by atoms with Crippen LogP contribution >= 0.6 is 7.82 Å². The Bertz CT molecular complexity index is 1740. The highest BCUT2D eigenvalue weighted by Crippen LogP contribution is 2.43. The molecule has 0 aliphatic heterocycles. The van der Waals surface area contributed by atoms with Gasteiger partial charge in [-0.2, -0.15) is 0 Å². The Labute approximate surface area is 448 Å². The number of unbranched alkanes of at least 4 members (excludes halogenated alkanes) is 12.